The fourth-order valence-corrected chi connectivity index (χ4v) is 4.11. The molecule has 2 saturated heterocycles. The molecule has 0 amide bonds. The molecule has 4 atom stereocenters. The summed E-state index contributed by atoms with van der Waals surface area (Å²) in [5, 5.41) is 0. The van der Waals surface area contributed by atoms with Crippen LogP contribution in [-0.2, 0) is 23.9 Å². The Kier molecular flexibility index (Phi) is 2.95. The highest BCUT2D eigenvalue weighted by molar-refractivity contribution is 5.95. The van der Waals surface area contributed by atoms with Crippen LogP contribution in [0.25, 0.3) is 0 Å². The molecular formula is C18H16O5. The molecular weight excluding hydrogens is 296 g/mol. The third-order valence-electron chi connectivity index (χ3n) is 5.18. The molecule has 3 aliphatic rings. The van der Waals surface area contributed by atoms with Gasteiger partial charge >= 0.3 is 17.9 Å². The molecule has 0 radical (unpaired) electrons. The van der Waals surface area contributed by atoms with Crippen LogP contribution in [0.2, 0.25) is 0 Å². The Morgan fingerprint density at radius 2 is 1.78 bits per heavy atom. The van der Waals surface area contributed by atoms with E-state index in [0.29, 0.717) is 12.2 Å². The molecule has 2 heterocycles. The molecule has 0 N–H and O–H groups in total. The van der Waals surface area contributed by atoms with E-state index in [1.54, 1.807) is 0 Å². The van der Waals surface area contributed by atoms with Crippen molar-refractivity contribution in [3.05, 3.63) is 47.2 Å². The fraction of sp³-hybridized carbons (Fsp3) is 0.389. The van der Waals surface area contributed by atoms with Gasteiger partial charge < -0.3 is 9.47 Å². The van der Waals surface area contributed by atoms with Gasteiger partial charge in [-0.2, -0.15) is 0 Å². The van der Waals surface area contributed by atoms with Crippen LogP contribution in [0, 0.1) is 18.8 Å². The zero-order valence-electron chi connectivity index (χ0n) is 12.7. The predicted octanol–water partition coefficient (Wildman–Crippen LogP) is 2.34. The lowest BCUT2D eigenvalue weighted by Gasteiger charge is -2.34. The first-order chi connectivity index (χ1) is 11.0. The van der Waals surface area contributed by atoms with E-state index in [9.17, 15) is 14.4 Å². The third-order valence-corrected chi connectivity index (χ3v) is 5.18. The number of carbonyl (C=O) groups is 3. The Labute approximate surface area is 133 Å². The molecule has 1 aromatic carbocycles. The molecule has 4 unspecified atom stereocenters. The van der Waals surface area contributed by atoms with Gasteiger partial charge in [0.1, 0.15) is 5.76 Å². The Morgan fingerprint density at radius 1 is 1.00 bits per heavy atom. The van der Waals surface area contributed by atoms with Crippen molar-refractivity contribution in [1.29, 1.82) is 0 Å². The summed E-state index contributed by atoms with van der Waals surface area (Å²) in [5.74, 6) is -1.93. The minimum atomic E-state index is -0.493. The van der Waals surface area contributed by atoms with Gasteiger partial charge in [-0.05, 0) is 30.4 Å². The van der Waals surface area contributed by atoms with Crippen molar-refractivity contribution in [2.75, 3.05) is 0 Å². The van der Waals surface area contributed by atoms with Crippen molar-refractivity contribution in [1.82, 2.24) is 0 Å². The number of fused-ring (bicyclic) bond motifs is 3. The predicted molar refractivity (Wildman–Crippen MR) is 79.2 cm³/mol. The van der Waals surface area contributed by atoms with Crippen molar-refractivity contribution >= 4 is 17.9 Å². The zero-order valence-corrected chi connectivity index (χ0v) is 12.7. The summed E-state index contributed by atoms with van der Waals surface area (Å²) in [6.07, 6.45) is 0.661. The standard InChI is InChI=1S/C18H16O5/c1-8-3-4-10-12(5-8)13(14-7-15(19)23-17(14)20)6-11-9(2)22-18(21)16(10)11/h3-5,11,13-14,16H,2,6-7H2,1H3. The van der Waals surface area contributed by atoms with E-state index in [2.05, 4.69) is 6.58 Å². The number of carbonyl (C=O) groups excluding carboxylic acids is 3. The van der Waals surface area contributed by atoms with Crippen LogP contribution in [0.1, 0.15) is 41.4 Å². The maximum atomic E-state index is 12.2. The van der Waals surface area contributed by atoms with Crippen LogP contribution in [0.5, 0.6) is 0 Å². The highest BCUT2D eigenvalue weighted by atomic mass is 16.6. The minimum Gasteiger partial charge on any atom is -0.431 e. The average Bonchev–Trinajstić information content (AvgIpc) is 2.97. The largest absolute Gasteiger partial charge is 0.431 e. The van der Waals surface area contributed by atoms with E-state index in [4.69, 9.17) is 9.47 Å². The lowest BCUT2D eigenvalue weighted by atomic mass is 9.66. The average molecular weight is 312 g/mol. The van der Waals surface area contributed by atoms with Gasteiger partial charge in [-0.1, -0.05) is 30.3 Å². The Balaban J connectivity index is 1.84. The molecule has 2 aliphatic heterocycles. The van der Waals surface area contributed by atoms with Crippen molar-refractivity contribution < 1.29 is 23.9 Å². The third kappa shape index (κ3) is 2.03. The van der Waals surface area contributed by atoms with Crippen LogP contribution < -0.4 is 0 Å². The highest BCUT2D eigenvalue weighted by Crippen LogP contribution is 2.53. The molecule has 0 bridgehead atoms. The normalized spacial score (nSPS) is 32.4. The van der Waals surface area contributed by atoms with Crippen LogP contribution in [0.3, 0.4) is 0 Å². The molecule has 0 saturated carbocycles. The second-order valence-electron chi connectivity index (χ2n) is 6.55. The molecule has 0 spiro atoms. The number of esters is 3. The maximum absolute atomic E-state index is 12.2. The van der Waals surface area contributed by atoms with E-state index < -0.39 is 17.9 Å². The van der Waals surface area contributed by atoms with Gasteiger partial charge in [0.05, 0.1) is 18.3 Å². The number of hydrogen-bond acceptors (Lipinski definition) is 5. The fourth-order valence-electron chi connectivity index (χ4n) is 4.11. The van der Waals surface area contributed by atoms with Gasteiger partial charge in [-0.25, -0.2) is 0 Å². The monoisotopic (exact) mass is 312 g/mol. The molecule has 1 aliphatic carbocycles. The first-order valence-electron chi connectivity index (χ1n) is 7.71. The topological polar surface area (TPSA) is 69.7 Å². The summed E-state index contributed by atoms with van der Waals surface area (Å²) in [6, 6.07) is 5.88. The van der Waals surface area contributed by atoms with Gasteiger partial charge in [-0.15, -0.1) is 0 Å². The van der Waals surface area contributed by atoms with E-state index in [0.717, 1.165) is 16.7 Å². The van der Waals surface area contributed by atoms with Crippen LogP contribution >= 0.6 is 0 Å². The van der Waals surface area contributed by atoms with Gasteiger partial charge in [0.25, 0.3) is 0 Å². The molecule has 23 heavy (non-hydrogen) atoms. The number of cyclic esters (lactones) is 3. The number of hydrogen-bond donors (Lipinski definition) is 0. The minimum absolute atomic E-state index is 0.0928. The first-order valence-corrected chi connectivity index (χ1v) is 7.71. The number of benzene rings is 1. The summed E-state index contributed by atoms with van der Waals surface area (Å²) < 4.78 is 9.97. The molecule has 5 nitrogen and oxygen atoms in total. The summed E-state index contributed by atoms with van der Waals surface area (Å²) in [6.45, 7) is 5.81. The van der Waals surface area contributed by atoms with Crippen LogP contribution in [-0.4, -0.2) is 17.9 Å². The van der Waals surface area contributed by atoms with E-state index in [1.807, 2.05) is 25.1 Å². The molecule has 0 aromatic heterocycles. The van der Waals surface area contributed by atoms with Crippen LogP contribution in [0.4, 0.5) is 0 Å². The Morgan fingerprint density at radius 3 is 2.48 bits per heavy atom. The number of ether oxygens (including phenoxy) is 2. The van der Waals surface area contributed by atoms with E-state index >= 15 is 0 Å². The zero-order chi connectivity index (χ0) is 16.3. The van der Waals surface area contributed by atoms with Crippen molar-refractivity contribution in [2.45, 2.75) is 31.6 Å². The Hall–Kier alpha value is -2.43. The molecule has 4 rings (SSSR count). The summed E-state index contributed by atoms with van der Waals surface area (Å²) in [5.41, 5.74) is 2.89. The summed E-state index contributed by atoms with van der Waals surface area (Å²) >= 11 is 0. The highest BCUT2D eigenvalue weighted by Gasteiger charge is 2.51. The second-order valence-corrected chi connectivity index (χ2v) is 6.55. The number of aryl methyl sites for hydroxylation is 1. The SMILES string of the molecule is C=C1OC(=O)C2c3ccc(C)cc3C(C3CC(=O)OC3=O)CC12. The lowest BCUT2D eigenvalue weighted by molar-refractivity contribution is -0.153. The van der Waals surface area contributed by atoms with Crippen LogP contribution in [0.15, 0.2) is 30.5 Å². The quantitative estimate of drug-likeness (QED) is 0.588. The lowest BCUT2D eigenvalue weighted by Crippen LogP contribution is -2.29. The molecule has 2 fully saturated rings. The summed E-state index contributed by atoms with van der Waals surface area (Å²) in [7, 11) is 0. The molecule has 1 aromatic rings. The number of rotatable bonds is 1. The van der Waals surface area contributed by atoms with E-state index in [1.165, 1.54) is 0 Å². The van der Waals surface area contributed by atoms with Crippen molar-refractivity contribution in [3.63, 3.8) is 0 Å². The maximum Gasteiger partial charge on any atom is 0.319 e. The molecule has 5 heteroatoms. The summed E-state index contributed by atoms with van der Waals surface area (Å²) in [4.78, 5) is 35.7. The van der Waals surface area contributed by atoms with Gasteiger partial charge in [0, 0.05) is 5.92 Å². The number of allylic oxidation sites excluding steroid dienone is 1. The smallest absolute Gasteiger partial charge is 0.319 e. The van der Waals surface area contributed by atoms with E-state index in [-0.39, 0.29) is 30.1 Å². The first kappa shape index (κ1) is 14.2. The molecule has 118 valence electrons. The van der Waals surface area contributed by atoms with Gasteiger partial charge in [0.15, 0.2) is 0 Å². The van der Waals surface area contributed by atoms with Gasteiger partial charge in [-0.3, -0.25) is 14.4 Å². The van der Waals surface area contributed by atoms with Gasteiger partial charge in [0.2, 0.25) is 0 Å². The van der Waals surface area contributed by atoms with Crippen molar-refractivity contribution in [2.24, 2.45) is 11.8 Å². The van der Waals surface area contributed by atoms with Crippen molar-refractivity contribution in [3.8, 4) is 0 Å². The Bertz CT molecular complexity index is 763. The second kappa shape index (κ2) is 4.78.